The fourth-order valence-corrected chi connectivity index (χ4v) is 3.11. The average Bonchev–Trinajstić information content (AvgIpc) is 2.69. The number of nitrogens with one attached hydrogen (secondary N) is 1. The molecule has 0 saturated carbocycles. The Morgan fingerprint density at radius 3 is 1.97 bits per heavy atom. The number of hydrogen-bond acceptors (Lipinski definition) is 2. The summed E-state index contributed by atoms with van der Waals surface area (Å²) in [5.41, 5.74) is 4.55. The minimum atomic E-state index is -0.0117. The van der Waals surface area contributed by atoms with Crippen molar-refractivity contribution in [3.63, 3.8) is 0 Å². The van der Waals surface area contributed by atoms with Crippen LogP contribution >= 0.6 is 0 Å². The maximum absolute atomic E-state index is 12.1. The van der Waals surface area contributed by atoms with Gasteiger partial charge in [0, 0.05) is 32.6 Å². The van der Waals surface area contributed by atoms with E-state index in [0.717, 1.165) is 18.4 Å². The summed E-state index contributed by atoms with van der Waals surface area (Å²) in [5, 5.41) is 3.00. The van der Waals surface area contributed by atoms with Gasteiger partial charge in [-0.2, -0.15) is 0 Å². The molecule has 0 atom stereocenters. The van der Waals surface area contributed by atoms with Crippen molar-refractivity contribution in [3.05, 3.63) is 70.8 Å². The molecule has 2 amide bonds. The molecule has 29 heavy (non-hydrogen) atoms. The summed E-state index contributed by atoms with van der Waals surface area (Å²) < 4.78 is 0. The summed E-state index contributed by atoms with van der Waals surface area (Å²) in [7, 11) is 3.48. The molecule has 2 rings (SSSR count). The maximum Gasteiger partial charge on any atom is 0.253 e. The fraction of sp³-hybridized carbons (Fsp3) is 0.440. The second-order valence-electron chi connectivity index (χ2n) is 8.80. The number of benzene rings is 2. The van der Waals surface area contributed by atoms with Crippen molar-refractivity contribution in [2.75, 3.05) is 20.6 Å². The third-order valence-electron chi connectivity index (χ3n) is 5.03. The Hall–Kier alpha value is -2.62. The maximum atomic E-state index is 12.1. The monoisotopic (exact) mass is 394 g/mol. The molecule has 2 aromatic carbocycles. The lowest BCUT2D eigenvalue weighted by Gasteiger charge is -2.19. The number of aryl methyl sites for hydroxylation is 2. The Labute approximate surface area is 175 Å². The Bertz CT molecular complexity index is 800. The Morgan fingerprint density at radius 1 is 0.862 bits per heavy atom. The van der Waals surface area contributed by atoms with Crippen molar-refractivity contribution in [1.82, 2.24) is 10.2 Å². The Kier molecular flexibility index (Phi) is 8.00. The number of amides is 2. The molecule has 2 aromatic rings. The van der Waals surface area contributed by atoms with Gasteiger partial charge < -0.3 is 10.2 Å². The van der Waals surface area contributed by atoms with Crippen LogP contribution in [0.2, 0.25) is 0 Å². The highest BCUT2D eigenvalue weighted by Gasteiger charge is 2.12. The van der Waals surface area contributed by atoms with Crippen molar-refractivity contribution in [2.45, 2.75) is 51.9 Å². The third kappa shape index (κ3) is 7.37. The lowest BCUT2D eigenvalue weighted by Crippen LogP contribution is -2.25. The van der Waals surface area contributed by atoms with Crippen molar-refractivity contribution in [3.8, 4) is 0 Å². The van der Waals surface area contributed by atoms with Crippen LogP contribution in [0.5, 0.6) is 0 Å². The molecule has 0 heterocycles. The average molecular weight is 395 g/mol. The van der Waals surface area contributed by atoms with E-state index in [-0.39, 0.29) is 17.2 Å². The van der Waals surface area contributed by atoms with Crippen LogP contribution in [0.3, 0.4) is 0 Å². The van der Waals surface area contributed by atoms with Gasteiger partial charge in [0.05, 0.1) is 0 Å². The molecule has 0 bridgehead atoms. The molecule has 0 fully saturated rings. The number of hydrogen-bond donors (Lipinski definition) is 1. The molecule has 0 saturated heterocycles. The van der Waals surface area contributed by atoms with E-state index in [2.05, 4.69) is 50.4 Å². The molecule has 0 unspecified atom stereocenters. The smallest absolute Gasteiger partial charge is 0.253 e. The second kappa shape index (κ2) is 10.2. The van der Waals surface area contributed by atoms with Gasteiger partial charge in [0.15, 0.2) is 0 Å². The highest BCUT2D eigenvalue weighted by Crippen LogP contribution is 2.22. The molecule has 0 spiro atoms. The SMILES string of the molecule is CN(C)C(=O)c1ccc(CCC(=O)NCCCc2ccc(C(C)(C)C)cc2)cc1. The topological polar surface area (TPSA) is 49.4 Å². The van der Waals surface area contributed by atoms with Gasteiger partial charge in [-0.05, 0) is 53.5 Å². The second-order valence-corrected chi connectivity index (χ2v) is 8.80. The lowest BCUT2D eigenvalue weighted by molar-refractivity contribution is -0.121. The fourth-order valence-electron chi connectivity index (χ4n) is 3.11. The van der Waals surface area contributed by atoms with Crippen molar-refractivity contribution >= 4 is 11.8 Å². The van der Waals surface area contributed by atoms with Gasteiger partial charge in [0.25, 0.3) is 5.91 Å². The van der Waals surface area contributed by atoms with Gasteiger partial charge in [-0.1, -0.05) is 57.2 Å². The first-order valence-electron chi connectivity index (χ1n) is 10.3. The Balaban J connectivity index is 1.68. The molecule has 0 aliphatic heterocycles. The van der Waals surface area contributed by atoms with E-state index in [1.807, 2.05) is 24.3 Å². The van der Waals surface area contributed by atoms with Crippen LogP contribution in [0.1, 0.15) is 60.7 Å². The van der Waals surface area contributed by atoms with Crippen LogP contribution in [0.15, 0.2) is 48.5 Å². The number of carbonyl (C=O) groups excluding carboxylic acids is 2. The van der Waals surface area contributed by atoms with Crippen LogP contribution in [0.25, 0.3) is 0 Å². The summed E-state index contributed by atoms with van der Waals surface area (Å²) >= 11 is 0. The molecule has 0 aromatic heterocycles. The predicted molar refractivity (Wildman–Crippen MR) is 119 cm³/mol. The van der Waals surface area contributed by atoms with Crippen LogP contribution in [-0.2, 0) is 23.1 Å². The minimum Gasteiger partial charge on any atom is -0.356 e. The van der Waals surface area contributed by atoms with Gasteiger partial charge in [-0.25, -0.2) is 0 Å². The molecule has 4 heteroatoms. The predicted octanol–water partition coefficient (Wildman–Crippen LogP) is 4.37. The molecule has 0 aliphatic rings. The summed E-state index contributed by atoms with van der Waals surface area (Å²) in [6.45, 7) is 7.34. The molecule has 0 aliphatic carbocycles. The van der Waals surface area contributed by atoms with E-state index in [1.165, 1.54) is 11.1 Å². The summed E-state index contributed by atoms with van der Waals surface area (Å²) in [4.78, 5) is 25.5. The summed E-state index contributed by atoms with van der Waals surface area (Å²) in [6.07, 6.45) is 3.03. The molecule has 156 valence electrons. The molecule has 1 N–H and O–H groups in total. The van der Waals surface area contributed by atoms with E-state index >= 15 is 0 Å². The van der Waals surface area contributed by atoms with Gasteiger partial charge >= 0.3 is 0 Å². The summed E-state index contributed by atoms with van der Waals surface area (Å²) in [6, 6.07) is 16.3. The molecular weight excluding hydrogens is 360 g/mol. The van der Waals surface area contributed by atoms with E-state index in [9.17, 15) is 9.59 Å². The van der Waals surface area contributed by atoms with E-state index < -0.39 is 0 Å². The van der Waals surface area contributed by atoms with Crippen molar-refractivity contribution in [2.24, 2.45) is 0 Å². The molecule has 0 radical (unpaired) electrons. The van der Waals surface area contributed by atoms with Gasteiger partial charge in [-0.15, -0.1) is 0 Å². The highest BCUT2D eigenvalue weighted by molar-refractivity contribution is 5.93. The number of nitrogens with zero attached hydrogens (tertiary/aromatic N) is 1. The number of carbonyl (C=O) groups is 2. The van der Waals surface area contributed by atoms with Crippen molar-refractivity contribution in [1.29, 1.82) is 0 Å². The minimum absolute atomic E-state index is 0.0117. The normalized spacial score (nSPS) is 11.2. The third-order valence-corrected chi connectivity index (χ3v) is 5.03. The van der Waals surface area contributed by atoms with E-state index in [0.29, 0.717) is 24.9 Å². The highest BCUT2D eigenvalue weighted by atomic mass is 16.2. The zero-order valence-corrected chi connectivity index (χ0v) is 18.4. The van der Waals surface area contributed by atoms with Gasteiger partial charge in [0.2, 0.25) is 5.91 Å². The van der Waals surface area contributed by atoms with E-state index in [4.69, 9.17) is 0 Å². The lowest BCUT2D eigenvalue weighted by atomic mass is 9.86. The van der Waals surface area contributed by atoms with Gasteiger partial charge in [0.1, 0.15) is 0 Å². The molecule has 4 nitrogen and oxygen atoms in total. The van der Waals surface area contributed by atoms with Crippen LogP contribution < -0.4 is 5.32 Å². The van der Waals surface area contributed by atoms with Gasteiger partial charge in [-0.3, -0.25) is 9.59 Å². The molecular formula is C25H34N2O2. The zero-order chi connectivity index (χ0) is 21.4. The summed E-state index contributed by atoms with van der Waals surface area (Å²) in [5.74, 6) is 0.0591. The standard InChI is InChI=1S/C25H34N2O2/c1-25(2,3)22-15-10-19(11-16-22)7-6-18-26-23(28)17-12-20-8-13-21(14-9-20)24(29)27(4)5/h8-11,13-16H,6-7,12,17-18H2,1-5H3,(H,26,28). The first kappa shape index (κ1) is 22.7. The zero-order valence-electron chi connectivity index (χ0n) is 18.4. The quantitative estimate of drug-likeness (QED) is 0.676. The van der Waals surface area contributed by atoms with Crippen LogP contribution in [0.4, 0.5) is 0 Å². The Morgan fingerprint density at radius 2 is 1.41 bits per heavy atom. The first-order chi connectivity index (χ1) is 13.7. The number of rotatable bonds is 8. The van der Waals surface area contributed by atoms with E-state index in [1.54, 1.807) is 19.0 Å². The van der Waals surface area contributed by atoms with Crippen LogP contribution in [-0.4, -0.2) is 37.4 Å². The van der Waals surface area contributed by atoms with Crippen molar-refractivity contribution < 1.29 is 9.59 Å². The largest absolute Gasteiger partial charge is 0.356 e. The van der Waals surface area contributed by atoms with Crippen LogP contribution in [0, 0.1) is 0 Å². The first-order valence-corrected chi connectivity index (χ1v) is 10.3.